The quantitative estimate of drug-likeness (QED) is 0.714. The number of nitrogens with zero attached hydrogens (tertiary/aromatic N) is 2. The van der Waals surface area contributed by atoms with E-state index in [2.05, 4.69) is 5.32 Å². The largest absolute Gasteiger partial charge is 0.384 e. The number of nitrogen functional groups attached to an aromatic ring is 1. The highest BCUT2D eigenvalue weighted by molar-refractivity contribution is 7.80. The normalized spacial score (nSPS) is 10.3. The van der Waals surface area contributed by atoms with Crippen molar-refractivity contribution in [3.8, 4) is 0 Å². The Morgan fingerprint density at radius 2 is 1.82 bits per heavy atom. The summed E-state index contributed by atoms with van der Waals surface area (Å²) in [6.45, 7) is 4.20. The highest BCUT2D eigenvalue weighted by atomic mass is 32.1. The molecule has 0 aliphatic carbocycles. The van der Waals surface area contributed by atoms with E-state index >= 15 is 0 Å². The van der Waals surface area contributed by atoms with Gasteiger partial charge in [-0.25, -0.2) is 4.79 Å². The van der Waals surface area contributed by atoms with Gasteiger partial charge in [0.25, 0.3) is 5.56 Å². The van der Waals surface area contributed by atoms with Gasteiger partial charge < -0.3 is 11.1 Å². The van der Waals surface area contributed by atoms with Gasteiger partial charge in [-0.2, -0.15) is 0 Å². The van der Waals surface area contributed by atoms with Crippen LogP contribution in [0.15, 0.2) is 9.59 Å². The van der Waals surface area contributed by atoms with E-state index in [9.17, 15) is 9.59 Å². The smallest absolute Gasteiger partial charge is 0.332 e. The molecular formula is C10H16N4O2S. The van der Waals surface area contributed by atoms with Crippen molar-refractivity contribution >= 4 is 23.0 Å². The Bertz CT molecular complexity index is 559. The standard InChI is InChI=1S/C10H16N4O2S/c1-4-13-7(11)6(8(17)12-3)9(15)14(5-2)10(13)16/h4-5,11H2,1-3H3,(H,12,17). The first-order chi connectivity index (χ1) is 7.99. The number of anilines is 1. The summed E-state index contributed by atoms with van der Waals surface area (Å²) in [7, 11) is 1.61. The Morgan fingerprint density at radius 1 is 1.29 bits per heavy atom. The Balaban J connectivity index is 3.79. The zero-order valence-electron chi connectivity index (χ0n) is 10.1. The summed E-state index contributed by atoms with van der Waals surface area (Å²) in [4.78, 5) is 24.2. The molecule has 0 saturated carbocycles. The highest BCUT2D eigenvalue weighted by Gasteiger charge is 2.18. The predicted molar refractivity (Wildman–Crippen MR) is 71.5 cm³/mol. The predicted octanol–water partition coefficient (Wildman–Crippen LogP) is -0.473. The molecule has 0 aromatic carbocycles. The monoisotopic (exact) mass is 256 g/mol. The molecule has 94 valence electrons. The van der Waals surface area contributed by atoms with Crippen LogP contribution in [0.4, 0.5) is 5.82 Å². The average Bonchev–Trinajstić information content (AvgIpc) is 2.29. The first kappa shape index (κ1) is 13.4. The molecule has 0 aliphatic rings. The second-order valence-corrected chi connectivity index (χ2v) is 3.82. The van der Waals surface area contributed by atoms with E-state index in [0.29, 0.717) is 6.54 Å². The maximum absolute atomic E-state index is 12.1. The molecule has 0 amide bonds. The van der Waals surface area contributed by atoms with Gasteiger partial charge in [0, 0.05) is 20.1 Å². The fraction of sp³-hybridized carbons (Fsp3) is 0.500. The average molecular weight is 256 g/mol. The summed E-state index contributed by atoms with van der Waals surface area (Å²) in [6.07, 6.45) is 0. The Kier molecular flexibility index (Phi) is 4.06. The molecule has 3 N–H and O–H groups in total. The number of aromatic nitrogens is 2. The molecule has 1 aromatic rings. The molecule has 6 nitrogen and oxygen atoms in total. The molecule has 1 aromatic heterocycles. The summed E-state index contributed by atoms with van der Waals surface area (Å²) in [5, 5.41) is 2.71. The molecule has 0 bridgehead atoms. The minimum absolute atomic E-state index is 0.117. The van der Waals surface area contributed by atoms with E-state index in [1.54, 1.807) is 20.9 Å². The maximum atomic E-state index is 12.1. The molecule has 1 rings (SSSR count). The SMILES string of the molecule is CCn1c(N)c(C(=S)NC)c(=O)n(CC)c1=O. The summed E-state index contributed by atoms with van der Waals surface area (Å²) in [5.74, 6) is 0.117. The van der Waals surface area contributed by atoms with Crippen molar-refractivity contribution in [3.63, 3.8) is 0 Å². The minimum Gasteiger partial charge on any atom is -0.384 e. The Hall–Kier alpha value is -1.63. The van der Waals surface area contributed by atoms with Crippen LogP contribution in [0.2, 0.25) is 0 Å². The van der Waals surface area contributed by atoms with E-state index < -0.39 is 11.2 Å². The Labute approximate surface area is 104 Å². The van der Waals surface area contributed by atoms with Crippen molar-refractivity contribution in [1.29, 1.82) is 0 Å². The number of hydrogen-bond acceptors (Lipinski definition) is 4. The number of nitrogens with one attached hydrogen (secondary N) is 1. The molecule has 17 heavy (non-hydrogen) atoms. The summed E-state index contributed by atoms with van der Waals surface area (Å²) in [5.41, 5.74) is 5.16. The second-order valence-electron chi connectivity index (χ2n) is 3.42. The highest BCUT2D eigenvalue weighted by Crippen LogP contribution is 2.05. The van der Waals surface area contributed by atoms with Crippen LogP contribution in [0.3, 0.4) is 0 Å². The lowest BCUT2D eigenvalue weighted by Crippen LogP contribution is -2.44. The van der Waals surface area contributed by atoms with Gasteiger partial charge in [-0.15, -0.1) is 0 Å². The molecule has 0 saturated heterocycles. The number of thiocarbonyl (C=S) groups is 1. The molecule has 0 aliphatic heterocycles. The van der Waals surface area contributed by atoms with Crippen LogP contribution in [0.5, 0.6) is 0 Å². The molecule has 0 atom stereocenters. The third-order valence-electron chi connectivity index (χ3n) is 2.55. The van der Waals surface area contributed by atoms with Gasteiger partial charge in [0.2, 0.25) is 0 Å². The summed E-state index contributed by atoms with van der Waals surface area (Å²) < 4.78 is 2.46. The molecule has 0 spiro atoms. The van der Waals surface area contributed by atoms with Crippen LogP contribution < -0.4 is 22.3 Å². The van der Waals surface area contributed by atoms with Crippen LogP contribution in [0.1, 0.15) is 19.4 Å². The molecule has 0 radical (unpaired) electrons. The van der Waals surface area contributed by atoms with E-state index in [0.717, 1.165) is 4.57 Å². The van der Waals surface area contributed by atoms with E-state index in [1.165, 1.54) is 4.57 Å². The van der Waals surface area contributed by atoms with Crippen LogP contribution in [-0.4, -0.2) is 21.2 Å². The van der Waals surface area contributed by atoms with Gasteiger partial charge in [-0.1, -0.05) is 12.2 Å². The fourth-order valence-electron chi connectivity index (χ4n) is 1.64. The number of rotatable bonds is 3. The lowest BCUT2D eigenvalue weighted by atomic mass is 10.3. The first-order valence-electron chi connectivity index (χ1n) is 5.34. The lowest BCUT2D eigenvalue weighted by molar-refractivity contribution is 0.593. The van der Waals surface area contributed by atoms with Crippen molar-refractivity contribution in [2.45, 2.75) is 26.9 Å². The minimum atomic E-state index is -0.445. The maximum Gasteiger partial charge on any atom is 0.332 e. The van der Waals surface area contributed by atoms with Crippen molar-refractivity contribution < 1.29 is 0 Å². The van der Waals surface area contributed by atoms with E-state index in [1.807, 2.05) is 0 Å². The first-order valence-corrected chi connectivity index (χ1v) is 5.75. The molecule has 0 fully saturated rings. The molecule has 0 unspecified atom stereocenters. The van der Waals surface area contributed by atoms with Gasteiger partial charge >= 0.3 is 5.69 Å². The lowest BCUT2D eigenvalue weighted by Gasteiger charge is -2.14. The van der Waals surface area contributed by atoms with Gasteiger partial charge in [-0.3, -0.25) is 13.9 Å². The fourth-order valence-corrected chi connectivity index (χ4v) is 1.83. The van der Waals surface area contributed by atoms with Gasteiger partial charge in [0.1, 0.15) is 16.4 Å². The molecule has 7 heteroatoms. The molecule has 1 heterocycles. The Morgan fingerprint density at radius 3 is 2.24 bits per heavy atom. The van der Waals surface area contributed by atoms with Crippen LogP contribution >= 0.6 is 12.2 Å². The van der Waals surface area contributed by atoms with Gasteiger partial charge in [-0.05, 0) is 13.8 Å². The van der Waals surface area contributed by atoms with E-state index in [4.69, 9.17) is 18.0 Å². The van der Waals surface area contributed by atoms with Crippen LogP contribution in [0.25, 0.3) is 0 Å². The van der Waals surface area contributed by atoms with Crippen molar-refractivity contribution in [2.24, 2.45) is 0 Å². The number of hydrogen-bond donors (Lipinski definition) is 2. The van der Waals surface area contributed by atoms with Crippen molar-refractivity contribution in [2.75, 3.05) is 12.8 Å². The third-order valence-corrected chi connectivity index (χ3v) is 2.96. The molecular weight excluding hydrogens is 240 g/mol. The zero-order chi connectivity index (χ0) is 13.2. The zero-order valence-corrected chi connectivity index (χ0v) is 10.9. The van der Waals surface area contributed by atoms with Crippen LogP contribution in [0, 0.1) is 0 Å². The van der Waals surface area contributed by atoms with Crippen LogP contribution in [-0.2, 0) is 13.1 Å². The topological polar surface area (TPSA) is 82.0 Å². The third kappa shape index (κ3) is 2.10. The van der Waals surface area contributed by atoms with E-state index in [-0.39, 0.29) is 22.9 Å². The van der Waals surface area contributed by atoms with Crippen molar-refractivity contribution in [3.05, 3.63) is 26.4 Å². The van der Waals surface area contributed by atoms with Gasteiger partial charge in [0.15, 0.2) is 0 Å². The second kappa shape index (κ2) is 5.13. The van der Waals surface area contributed by atoms with Crippen molar-refractivity contribution in [1.82, 2.24) is 14.5 Å². The number of nitrogens with two attached hydrogens (primary N) is 1. The van der Waals surface area contributed by atoms with Gasteiger partial charge in [0.05, 0.1) is 0 Å². The summed E-state index contributed by atoms with van der Waals surface area (Å²) in [6, 6.07) is 0. The summed E-state index contributed by atoms with van der Waals surface area (Å²) >= 11 is 5.04.